The van der Waals surface area contributed by atoms with Crippen LogP contribution < -0.4 is 0 Å². The zero-order valence-corrected chi connectivity index (χ0v) is 12.7. The van der Waals surface area contributed by atoms with E-state index in [-0.39, 0.29) is 5.02 Å². The summed E-state index contributed by atoms with van der Waals surface area (Å²) in [5.41, 5.74) is 3.42. The predicted octanol–water partition coefficient (Wildman–Crippen LogP) is 6.08. The molecule has 4 heteroatoms. The third kappa shape index (κ3) is 2.89. The van der Waals surface area contributed by atoms with Crippen LogP contribution >= 0.6 is 34.8 Å². The van der Waals surface area contributed by atoms with Gasteiger partial charge in [0.15, 0.2) is 0 Å². The van der Waals surface area contributed by atoms with E-state index in [1.54, 1.807) is 12.1 Å². The van der Waals surface area contributed by atoms with Crippen molar-refractivity contribution in [1.29, 1.82) is 0 Å². The molecule has 2 aromatic carbocycles. The molecule has 0 heterocycles. The fraction of sp³-hybridized carbons (Fsp3) is 0.200. The lowest BCUT2D eigenvalue weighted by Crippen LogP contribution is -1.98. The largest absolute Gasteiger partial charge is 0.205 e. The van der Waals surface area contributed by atoms with E-state index in [2.05, 4.69) is 0 Å². The first kappa shape index (κ1) is 14.6. The van der Waals surface area contributed by atoms with Gasteiger partial charge in [-0.1, -0.05) is 41.4 Å². The van der Waals surface area contributed by atoms with Crippen LogP contribution in [0.25, 0.3) is 0 Å². The smallest absolute Gasteiger partial charge is 0.142 e. The minimum absolute atomic E-state index is 0.0387. The predicted molar refractivity (Wildman–Crippen MR) is 80.0 cm³/mol. The summed E-state index contributed by atoms with van der Waals surface area (Å²) in [6, 6.07) is 8.36. The molecule has 0 aliphatic carbocycles. The van der Waals surface area contributed by atoms with Gasteiger partial charge >= 0.3 is 0 Å². The van der Waals surface area contributed by atoms with Crippen molar-refractivity contribution < 1.29 is 4.39 Å². The summed E-state index contributed by atoms with van der Waals surface area (Å²) in [4.78, 5) is 0. The number of benzene rings is 2. The SMILES string of the molecule is Cc1cc(Cl)c(C(Cl)c2cccc(F)c2Cl)cc1C. The number of hydrogen-bond acceptors (Lipinski definition) is 0. The van der Waals surface area contributed by atoms with Gasteiger partial charge in [0.25, 0.3) is 0 Å². The molecule has 0 radical (unpaired) electrons. The van der Waals surface area contributed by atoms with Gasteiger partial charge in [-0.3, -0.25) is 0 Å². The lowest BCUT2D eigenvalue weighted by atomic mass is 9.99. The van der Waals surface area contributed by atoms with Crippen LogP contribution in [0.5, 0.6) is 0 Å². The molecule has 0 aliphatic rings. The highest BCUT2D eigenvalue weighted by molar-refractivity contribution is 6.35. The molecule has 0 nitrogen and oxygen atoms in total. The van der Waals surface area contributed by atoms with Crippen molar-refractivity contribution in [3.05, 3.63) is 68.4 Å². The van der Waals surface area contributed by atoms with E-state index in [9.17, 15) is 4.39 Å². The Kier molecular flexibility index (Phi) is 4.39. The molecule has 0 saturated carbocycles. The summed E-state index contributed by atoms with van der Waals surface area (Å²) in [6.45, 7) is 3.95. The molecule has 2 rings (SSSR count). The molecule has 0 spiro atoms. The van der Waals surface area contributed by atoms with Gasteiger partial charge < -0.3 is 0 Å². The summed E-state index contributed by atoms with van der Waals surface area (Å²) >= 11 is 18.6. The van der Waals surface area contributed by atoms with Crippen molar-refractivity contribution in [2.75, 3.05) is 0 Å². The standard InChI is InChI=1S/C15H12Cl3F/c1-8-6-11(12(16)7-9(8)2)14(17)10-4-3-5-13(19)15(10)18/h3-7,14H,1-2H3. The second-order valence-electron chi connectivity index (χ2n) is 4.46. The van der Waals surface area contributed by atoms with Crippen molar-refractivity contribution in [3.8, 4) is 0 Å². The zero-order valence-electron chi connectivity index (χ0n) is 10.5. The molecule has 0 aliphatic heterocycles. The van der Waals surface area contributed by atoms with E-state index >= 15 is 0 Å². The molecule has 0 saturated heterocycles. The average Bonchev–Trinajstić information content (AvgIpc) is 2.36. The van der Waals surface area contributed by atoms with Crippen molar-refractivity contribution in [2.24, 2.45) is 0 Å². The Hall–Kier alpha value is -0.760. The second-order valence-corrected chi connectivity index (χ2v) is 5.69. The van der Waals surface area contributed by atoms with Gasteiger partial charge in [0, 0.05) is 5.02 Å². The Bertz CT molecular complexity index is 623. The summed E-state index contributed by atoms with van der Waals surface area (Å²) < 4.78 is 13.5. The monoisotopic (exact) mass is 316 g/mol. The molecular formula is C15H12Cl3F. The van der Waals surface area contributed by atoms with Gasteiger partial charge in [-0.05, 0) is 48.2 Å². The van der Waals surface area contributed by atoms with Gasteiger partial charge in [-0.25, -0.2) is 4.39 Å². The number of aryl methyl sites for hydroxylation is 2. The first-order chi connectivity index (χ1) is 8.91. The van der Waals surface area contributed by atoms with Crippen LogP contribution in [0.15, 0.2) is 30.3 Å². The summed E-state index contributed by atoms with van der Waals surface area (Å²) in [6.07, 6.45) is 0. The Labute approximate surface area is 127 Å². The molecule has 0 amide bonds. The first-order valence-corrected chi connectivity index (χ1v) is 6.95. The van der Waals surface area contributed by atoms with E-state index in [0.29, 0.717) is 10.6 Å². The average molecular weight is 318 g/mol. The highest BCUT2D eigenvalue weighted by Crippen LogP contribution is 2.38. The topological polar surface area (TPSA) is 0 Å². The zero-order chi connectivity index (χ0) is 14.2. The lowest BCUT2D eigenvalue weighted by molar-refractivity contribution is 0.626. The second kappa shape index (κ2) is 5.70. The first-order valence-electron chi connectivity index (χ1n) is 5.76. The van der Waals surface area contributed by atoms with Gasteiger partial charge in [-0.15, -0.1) is 11.6 Å². The Morgan fingerprint density at radius 3 is 2.32 bits per heavy atom. The summed E-state index contributed by atoms with van der Waals surface area (Å²) in [5, 5.41) is 0.0234. The maximum Gasteiger partial charge on any atom is 0.142 e. The van der Waals surface area contributed by atoms with Crippen LogP contribution in [0.4, 0.5) is 4.39 Å². The normalized spacial score (nSPS) is 12.5. The van der Waals surface area contributed by atoms with Crippen molar-refractivity contribution in [1.82, 2.24) is 0 Å². The molecular weight excluding hydrogens is 306 g/mol. The van der Waals surface area contributed by atoms with Crippen LogP contribution in [0.2, 0.25) is 10.0 Å². The van der Waals surface area contributed by atoms with Crippen molar-refractivity contribution in [2.45, 2.75) is 19.2 Å². The fourth-order valence-corrected chi connectivity index (χ4v) is 2.92. The van der Waals surface area contributed by atoms with E-state index in [4.69, 9.17) is 34.8 Å². The molecule has 0 fully saturated rings. The third-order valence-electron chi connectivity index (χ3n) is 3.14. The van der Waals surface area contributed by atoms with Crippen LogP contribution in [-0.4, -0.2) is 0 Å². The Morgan fingerprint density at radius 1 is 1.00 bits per heavy atom. The van der Waals surface area contributed by atoms with Gasteiger partial charge in [-0.2, -0.15) is 0 Å². The summed E-state index contributed by atoms with van der Waals surface area (Å²) in [5.74, 6) is -0.482. The molecule has 1 unspecified atom stereocenters. The fourth-order valence-electron chi connectivity index (χ4n) is 1.88. The maximum atomic E-state index is 13.5. The van der Waals surface area contributed by atoms with Crippen LogP contribution in [0.3, 0.4) is 0 Å². The van der Waals surface area contributed by atoms with Gasteiger partial charge in [0.1, 0.15) is 5.82 Å². The van der Waals surface area contributed by atoms with E-state index in [1.165, 1.54) is 6.07 Å². The number of rotatable bonds is 2. The molecule has 100 valence electrons. The lowest BCUT2D eigenvalue weighted by Gasteiger charge is -2.16. The minimum Gasteiger partial charge on any atom is -0.205 e. The minimum atomic E-state index is -0.574. The van der Waals surface area contributed by atoms with Gasteiger partial charge in [0.2, 0.25) is 0 Å². The van der Waals surface area contributed by atoms with Crippen LogP contribution in [-0.2, 0) is 0 Å². The third-order valence-corrected chi connectivity index (χ3v) is 4.34. The van der Waals surface area contributed by atoms with Gasteiger partial charge in [0.05, 0.1) is 10.4 Å². The summed E-state index contributed by atoms with van der Waals surface area (Å²) in [7, 11) is 0. The number of hydrogen-bond donors (Lipinski definition) is 0. The van der Waals surface area contributed by atoms with E-state index in [0.717, 1.165) is 16.7 Å². The van der Waals surface area contributed by atoms with Crippen LogP contribution in [0.1, 0.15) is 27.6 Å². The molecule has 19 heavy (non-hydrogen) atoms. The van der Waals surface area contributed by atoms with E-state index in [1.807, 2.05) is 26.0 Å². The molecule has 1 atom stereocenters. The maximum absolute atomic E-state index is 13.5. The highest BCUT2D eigenvalue weighted by Gasteiger charge is 2.19. The quantitative estimate of drug-likeness (QED) is 0.589. The highest BCUT2D eigenvalue weighted by atomic mass is 35.5. The van der Waals surface area contributed by atoms with Crippen LogP contribution in [0, 0.1) is 19.7 Å². The Morgan fingerprint density at radius 2 is 1.63 bits per heavy atom. The molecule has 0 bridgehead atoms. The molecule has 0 N–H and O–H groups in total. The number of alkyl halides is 1. The van der Waals surface area contributed by atoms with E-state index < -0.39 is 11.2 Å². The molecule has 0 aromatic heterocycles. The van der Waals surface area contributed by atoms with Crippen molar-refractivity contribution in [3.63, 3.8) is 0 Å². The van der Waals surface area contributed by atoms with Crippen molar-refractivity contribution >= 4 is 34.8 Å². The Balaban J connectivity index is 2.53. The number of halogens is 4. The molecule has 2 aromatic rings.